The molecule has 1 unspecified atom stereocenters. The van der Waals surface area contributed by atoms with Gasteiger partial charge in [0.25, 0.3) is 15.9 Å². The lowest BCUT2D eigenvalue weighted by Gasteiger charge is -2.27. The molecule has 194 valence electrons. The fraction of sp³-hybridized carbons (Fsp3) is 0.520. The molecule has 2 aromatic rings. The van der Waals surface area contributed by atoms with Gasteiger partial charge in [-0.1, -0.05) is 38.2 Å². The van der Waals surface area contributed by atoms with Crippen LogP contribution in [0, 0.1) is 5.92 Å². The molecule has 1 saturated carbocycles. The first-order valence-electron chi connectivity index (χ1n) is 12.4. The number of furan rings is 1. The number of hydrogen-bond donors (Lipinski definition) is 2. The summed E-state index contributed by atoms with van der Waals surface area (Å²) < 4.78 is 32.2. The highest BCUT2D eigenvalue weighted by molar-refractivity contribution is 7.89. The third kappa shape index (κ3) is 6.38. The van der Waals surface area contributed by atoms with Gasteiger partial charge in [0.2, 0.25) is 5.91 Å². The van der Waals surface area contributed by atoms with E-state index in [2.05, 4.69) is 15.6 Å². The summed E-state index contributed by atoms with van der Waals surface area (Å²) in [5.41, 5.74) is 0. The molecule has 1 saturated heterocycles. The van der Waals surface area contributed by atoms with E-state index in [0.29, 0.717) is 25.2 Å². The number of sulfonamides is 1. The maximum absolute atomic E-state index is 13.3. The molecule has 11 heteroatoms. The number of hydrogen-bond acceptors (Lipinski definition) is 7. The van der Waals surface area contributed by atoms with E-state index >= 15 is 0 Å². The van der Waals surface area contributed by atoms with Crippen LogP contribution in [0.15, 0.2) is 52.2 Å². The second-order valence-corrected chi connectivity index (χ2v) is 11.3. The smallest absolute Gasteiger partial charge is 0.287 e. The minimum absolute atomic E-state index is 0.109. The van der Waals surface area contributed by atoms with E-state index in [1.165, 1.54) is 31.0 Å². The predicted molar refractivity (Wildman–Crippen MR) is 130 cm³/mol. The van der Waals surface area contributed by atoms with E-state index in [1.54, 1.807) is 18.2 Å². The van der Waals surface area contributed by atoms with Crippen molar-refractivity contribution >= 4 is 27.6 Å². The van der Waals surface area contributed by atoms with Crippen molar-refractivity contribution in [2.45, 2.75) is 68.5 Å². The van der Waals surface area contributed by atoms with Crippen molar-refractivity contribution in [2.24, 2.45) is 5.92 Å². The van der Waals surface area contributed by atoms with Crippen molar-refractivity contribution in [3.63, 3.8) is 0 Å². The summed E-state index contributed by atoms with van der Waals surface area (Å²) in [4.78, 5) is 42.9. The molecule has 0 bridgehead atoms. The number of Topliss-reactive ketones (excluding diaryl/α,β-unsaturated/α-hetero) is 1. The fourth-order valence-electron chi connectivity index (χ4n) is 4.88. The molecule has 0 aromatic carbocycles. The zero-order valence-electron chi connectivity index (χ0n) is 20.1. The predicted octanol–water partition coefficient (Wildman–Crippen LogP) is 2.28. The number of pyridine rings is 1. The number of amides is 2. The van der Waals surface area contributed by atoms with Gasteiger partial charge in [-0.15, -0.1) is 0 Å². The van der Waals surface area contributed by atoms with Crippen LogP contribution >= 0.6 is 0 Å². The van der Waals surface area contributed by atoms with E-state index < -0.39 is 39.7 Å². The van der Waals surface area contributed by atoms with E-state index in [-0.39, 0.29) is 23.9 Å². The maximum Gasteiger partial charge on any atom is 0.287 e. The van der Waals surface area contributed by atoms with Crippen molar-refractivity contribution in [2.75, 3.05) is 13.1 Å². The zero-order valence-corrected chi connectivity index (χ0v) is 20.9. The Labute approximate surface area is 210 Å². The molecular formula is C25H32N4O6S. The second kappa shape index (κ2) is 11.8. The Hall–Kier alpha value is -3.05. The molecule has 10 nitrogen and oxygen atoms in total. The molecule has 1 aliphatic carbocycles. The lowest BCUT2D eigenvalue weighted by Crippen LogP contribution is -2.53. The molecule has 2 amide bonds. The van der Waals surface area contributed by atoms with Crippen LogP contribution in [0.25, 0.3) is 0 Å². The molecule has 0 radical (unpaired) electrons. The highest BCUT2D eigenvalue weighted by Crippen LogP contribution is 2.28. The molecule has 2 aliphatic rings. The van der Waals surface area contributed by atoms with Gasteiger partial charge in [-0.2, -0.15) is 4.31 Å². The van der Waals surface area contributed by atoms with Gasteiger partial charge in [-0.25, -0.2) is 13.4 Å². The zero-order chi connectivity index (χ0) is 25.5. The van der Waals surface area contributed by atoms with Crippen LogP contribution in [0.4, 0.5) is 0 Å². The molecule has 36 heavy (non-hydrogen) atoms. The summed E-state index contributed by atoms with van der Waals surface area (Å²) in [6, 6.07) is 6.04. The Balaban J connectivity index is 1.43. The van der Waals surface area contributed by atoms with E-state index in [4.69, 9.17) is 4.42 Å². The summed E-state index contributed by atoms with van der Waals surface area (Å²) in [6.07, 6.45) is 9.28. The van der Waals surface area contributed by atoms with Crippen molar-refractivity contribution in [3.05, 3.63) is 48.6 Å². The topological polar surface area (TPSA) is 139 Å². The Kier molecular flexibility index (Phi) is 8.52. The van der Waals surface area contributed by atoms with Crippen LogP contribution in [0.1, 0.15) is 61.9 Å². The molecule has 2 fully saturated rings. The molecular weight excluding hydrogens is 484 g/mol. The number of rotatable bonds is 8. The lowest BCUT2D eigenvalue weighted by atomic mass is 9.84. The van der Waals surface area contributed by atoms with Gasteiger partial charge >= 0.3 is 0 Å². The Morgan fingerprint density at radius 3 is 2.58 bits per heavy atom. The number of carbonyl (C=O) groups is 3. The van der Waals surface area contributed by atoms with Crippen molar-refractivity contribution in [3.8, 4) is 0 Å². The molecule has 4 rings (SSSR count). The van der Waals surface area contributed by atoms with E-state index in [9.17, 15) is 22.8 Å². The lowest BCUT2D eigenvalue weighted by molar-refractivity contribution is -0.129. The van der Waals surface area contributed by atoms with Crippen LogP contribution in [0.5, 0.6) is 0 Å². The van der Waals surface area contributed by atoms with Crippen molar-refractivity contribution < 1.29 is 27.2 Å². The van der Waals surface area contributed by atoms with Crippen molar-refractivity contribution in [1.82, 2.24) is 19.9 Å². The highest BCUT2D eigenvalue weighted by atomic mass is 32.2. The number of aromatic nitrogens is 1. The Bertz CT molecular complexity index is 1150. The molecule has 2 N–H and O–H groups in total. The molecule has 3 heterocycles. The van der Waals surface area contributed by atoms with Gasteiger partial charge < -0.3 is 15.1 Å². The van der Waals surface area contributed by atoms with Crippen LogP contribution in [-0.4, -0.2) is 60.5 Å². The second-order valence-electron chi connectivity index (χ2n) is 9.42. The Morgan fingerprint density at radius 1 is 1.08 bits per heavy atom. The first-order valence-corrected chi connectivity index (χ1v) is 13.9. The summed E-state index contributed by atoms with van der Waals surface area (Å²) in [5, 5.41) is 5.44. The maximum atomic E-state index is 13.3. The largest absolute Gasteiger partial charge is 0.459 e. The average Bonchev–Trinajstić information content (AvgIpc) is 3.36. The number of carbonyl (C=O) groups excluding carboxylic acids is 3. The van der Waals surface area contributed by atoms with Crippen LogP contribution in [-0.2, 0) is 19.6 Å². The third-order valence-corrected chi connectivity index (χ3v) is 8.60. The van der Waals surface area contributed by atoms with Gasteiger partial charge in [-0.05, 0) is 49.4 Å². The molecule has 2 aromatic heterocycles. The quantitative estimate of drug-likeness (QED) is 0.549. The van der Waals surface area contributed by atoms with Gasteiger partial charge in [0, 0.05) is 12.7 Å². The summed E-state index contributed by atoms with van der Waals surface area (Å²) >= 11 is 0. The van der Waals surface area contributed by atoms with E-state index in [1.807, 2.05) is 0 Å². The van der Waals surface area contributed by atoms with Crippen LogP contribution in [0.3, 0.4) is 0 Å². The molecule has 0 spiro atoms. The highest BCUT2D eigenvalue weighted by Gasteiger charge is 2.35. The van der Waals surface area contributed by atoms with Crippen LogP contribution in [0.2, 0.25) is 0 Å². The molecule has 2 atom stereocenters. The summed E-state index contributed by atoms with van der Waals surface area (Å²) in [5.74, 6) is -0.919. The molecule has 1 aliphatic heterocycles. The minimum Gasteiger partial charge on any atom is -0.459 e. The summed E-state index contributed by atoms with van der Waals surface area (Å²) in [7, 11) is -3.93. The van der Waals surface area contributed by atoms with Gasteiger partial charge in [0.1, 0.15) is 6.04 Å². The first kappa shape index (κ1) is 26.0. The van der Waals surface area contributed by atoms with E-state index in [0.717, 1.165) is 30.0 Å². The third-order valence-electron chi connectivity index (χ3n) is 6.84. The Morgan fingerprint density at radius 2 is 1.89 bits per heavy atom. The SMILES string of the molecule is O=C(NC(CC1CCCCC1)C(=O)N[C@H]1CCCN(S(=O)(=O)c2ccccn2)CC1=O)c1ccco1. The van der Waals surface area contributed by atoms with Gasteiger partial charge in [0.05, 0.1) is 18.8 Å². The standard InChI is InChI=1S/C25H32N4O6S/c30-21-17-29(36(33,34)23-12-4-5-13-26-23)14-6-10-19(21)27-24(31)20(16-18-8-2-1-3-9-18)28-25(32)22-11-7-15-35-22/h4-5,7,11-13,15,18-20H,1-3,6,8-10,14,16-17H2,(H,27,31)(H,28,32)/t19-,20?/m0/s1. The first-order chi connectivity index (χ1) is 17.3. The minimum atomic E-state index is -3.93. The number of nitrogens with one attached hydrogen (secondary N) is 2. The number of ketones is 1. The van der Waals surface area contributed by atoms with Crippen molar-refractivity contribution in [1.29, 1.82) is 0 Å². The van der Waals surface area contributed by atoms with Gasteiger partial charge in [-0.3, -0.25) is 14.4 Å². The monoisotopic (exact) mass is 516 g/mol. The normalized spacial score (nSPS) is 20.9. The average molecular weight is 517 g/mol. The van der Waals surface area contributed by atoms with Crippen LogP contribution < -0.4 is 10.6 Å². The number of nitrogens with zero attached hydrogens (tertiary/aromatic N) is 2. The summed E-state index contributed by atoms with van der Waals surface area (Å²) in [6.45, 7) is -0.201. The van der Waals surface area contributed by atoms with Gasteiger partial charge in [0.15, 0.2) is 16.6 Å². The fourth-order valence-corrected chi connectivity index (χ4v) is 6.26.